The van der Waals surface area contributed by atoms with Crippen LogP contribution in [0, 0.1) is 6.92 Å². The summed E-state index contributed by atoms with van der Waals surface area (Å²) in [6.07, 6.45) is 8.55. The lowest BCUT2D eigenvalue weighted by Crippen LogP contribution is -2.36. The molecule has 1 aromatic carbocycles. The van der Waals surface area contributed by atoms with Crippen LogP contribution in [-0.4, -0.2) is 37.2 Å². The van der Waals surface area contributed by atoms with Crippen molar-refractivity contribution in [3.8, 4) is 16.8 Å². The Morgan fingerprint density at radius 3 is 2.62 bits per heavy atom. The van der Waals surface area contributed by atoms with E-state index in [-0.39, 0.29) is 5.69 Å². The second-order valence-corrected chi connectivity index (χ2v) is 8.28. The molecule has 7 nitrogen and oxygen atoms in total. The normalized spacial score (nSPS) is 13.6. The van der Waals surface area contributed by atoms with E-state index >= 15 is 0 Å². The second-order valence-electron chi connectivity index (χ2n) is 8.28. The fourth-order valence-electron chi connectivity index (χ4n) is 4.45. The maximum Gasteiger partial charge on any atom is 0.333 e. The van der Waals surface area contributed by atoms with Crippen molar-refractivity contribution in [3.05, 3.63) is 77.4 Å². The van der Waals surface area contributed by atoms with Crippen molar-refractivity contribution < 1.29 is 0 Å². The molecular weight excluding hydrogens is 400 g/mol. The zero-order valence-corrected chi connectivity index (χ0v) is 18.0. The minimum absolute atomic E-state index is 0.114. The van der Waals surface area contributed by atoms with Gasteiger partial charge < -0.3 is 4.90 Å². The molecule has 0 bridgehead atoms. The third kappa shape index (κ3) is 2.74. The molecule has 6 rings (SSSR count). The number of aromatic nitrogens is 5. The van der Waals surface area contributed by atoms with Crippen LogP contribution in [0.3, 0.4) is 0 Å². The number of hydrogen-bond donors (Lipinski definition) is 0. The highest BCUT2D eigenvalue weighted by Gasteiger charge is 2.19. The monoisotopic (exact) mass is 422 g/mol. The van der Waals surface area contributed by atoms with Crippen LogP contribution in [0.5, 0.6) is 0 Å². The largest absolute Gasteiger partial charge is 0.370 e. The summed E-state index contributed by atoms with van der Waals surface area (Å²) in [5.74, 6) is 0. The molecule has 4 aromatic heterocycles. The molecule has 0 spiro atoms. The average Bonchev–Trinajstić information content (AvgIpc) is 3.03. The standard InChI is InChI=1S/C25H22N6O/c1-16-22(5-3-8-27-16)31-24-20-12-17(18-11-19(14-26-13-18)30-9-4-10-30)6-7-21(20)28-15-23(24)29(2)25(31)32/h3,5-8,11-15H,4,9-10H2,1-2H3. The van der Waals surface area contributed by atoms with Crippen LogP contribution >= 0.6 is 0 Å². The van der Waals surface area contributed by atoms with Gasteiger partial charge in [0.1, 0.15) is 0 Å². The molecule has 1 fully saturated rings. The first-order valence-corrected chi connectivity index (χ1v) is 10.7. The van der Waals surface area contributed by atoms with Gasteiger partial charge in [-0.1, -0.05) is 6.07 Å². The van der Waals surface area contributed by atoms with Gasteiger partial charge in [0.15, 0.2) is 0 Å². The van der Waals surface area contributed by atoms with Gasteiger partial charge in [-0.2, -0.15) is 0 Å². The van der Waals surface area contributed by atoms with Gasteiger partial charge in [0.25, 0.3) is 0 Å². The van der Waals surface area contributed by atoms with E-state index in [0.29, 0.717) is 0 Å². The Labute approximate surface area is 184 Å². The van der Waals surface area contributed by atoms with E-state index in [1.165, 1.54) is 6.42 Å². The Morgan fingerprint density at radius 2 is 1.84 bits per heavy atom. The highest BCUT2D eigenvalue weighted by molar-refractivity contribution is 6.04. The van der Waals surface area contributed by atoms with Crippen LogP contribution in [0.4, 0.5) is 5.69 Å². The molecule has 5 heterocycles. The first kappa shape index (κ1) is 18.7. The molecular formula is C25H22N6O. The molecule has 1 saturated heterocycles. The topological polar surface area (TPSA) is 68.8 Å². The van der Waals surface area contributed by atoms with E-state index in [0.717, 1.165) is 63.2 Å². The minimum Gasteiger partial charge on any atom is -0.370 e. The van der Waals surface area contributed by atoms with E-state index in [9.17, 15) is 4.79 Å². The molecule has 1 aliphatic heterocycles. The Morgan fingerprint density at radius 1 is 0.969 bits per heavy atom. The van der Waals surface area contributed by atoms with Gasteiger partial charge >= 0.3 is 5.69 Å². The fourth-order valence-corrected chi connectivity index (χ4v) is 4.45. The number of fused-ring (bicyclic) bond motifs is 3. The zero-order valence-electron chi connectivity index (χ0n) is 18.0. The van der Waals surface area contributed by atoms with Crippen LogP contribution in [-0.2, 0) is 7.05 Å². The minimum atomic E-state index is -0.114. The quantitative estimate of drug-likeness (QED) is 0.442. The van der Waals surface area contributed by atoms with E-state index in [2.05, 4.69) is 38.1 Å². The average molecular weight is 422 g/mol. The van der Waals surface area contributed by atoms with Gasteiger partial charge in [-0.15, -0.1) is 0 Å². The molecule has 0 saturated carbocycles. The maximum atomic E-state index is 13.3. The van der Waals surface area contributed by atoms with Crippen molar-refractivity contribution in [2.24, 2.45) is 7.05 Å². The summed E-state index contributed by atoms with van der Waals surface area (Å²) in [7, 11) is 1.78. The summed E-state index contributed by atoms with van der Waals surface area (Å²) in [6.45, 7) is 4.07. The summed E-state index contributed by atoms with van der Waals surface area (Å²) in [5.41, 5.74) is 7.18. The molecule has 5 aromatic rings. The smallest absolute Gasteiger partial charge is 0.333 e. The van der Waals surface area contributed by atoms with Gasteiger partial charge in [-0.05, 0) is 49.2 Å². The number of rotatable bonds is 3. The Hall–Kier alpha value is -4.00. The number of benzene rings is 1. The predicted molar refractivity (Wildman–Crippen MR) is 126 cm³/mol. The molecule has 7 heteroatoms. The van der Waals surface area contributed by atoms with Crippen LogP contribution in [0.15, 0.2) is 66.0 Å². The lowest BCUT2D eigenvalue weighted by Gasteiger charge is -2.33. The number of anilines is 1. The van der Waals surface area contributed by atoms with Crippen molar-refractivity contribution >= 4 is 27.6 Å². The fraction of sp³-hybridized carbons (Fsp3) is 0.200. The number of pyridine rings is 3. The molecule has 0 atom stereocenters. The van der Waals surface area contributed by atoms with Gasteiger partial charge in [-0.25, -0.2) is 4.79 Å². The van der Waals surface area contributed by atoms with Crippen molar-refractivity contribution in [1.82, 2.24) is 24.1 Å². The molecule has 0 aliphatic carbocycles. The third-order valence-electron chi connectivity index (χ3n) is 6.38. The van der Waals surface area contributed by atoms with Crippen molar-refractivity contribution in [2.45, 2.75) is 13.3 Å². The van der Waals surface area contributed by atoms with E-state index < -0.39 is 0 Å². The highest BCUT2D eigenvalue weighted by Crippen LogP contribution is 2.31. The number of hydrogen-bond acceptors (Lipinski definition) is 5. The van der Waals surface area contributed by atoms with Crippen molar-refractivity contribution in [3.63, 3.8) is 0 Å². The molecule has 0 unspecified atom stereocenters. The molecule has 158 valence electrons. The first-order chi connectivity index (χ1) is 15.6. The molecule has 0 N–H and O–H groups in total. The SMILES string of the molecule is Cc1ncccc1-n1c(=O)n(C)c2cnc3ccc(-c4cncc(N5CCC5)c4)cc3c21. The predicted octanol–water partition coefficient (Wildman–Crippen LogP) is 3.85. The Balaban J connectivity index is 1.63. The van der Waals surface area contributed by atoms with Crippen molar-refractivity contribution in [1.29, 1.82) is 0 Å². The van der Waals surface area contributed by atoms with Gasteiger partial charge in [0, 0.05) is 43.5 Å². The van der Waals surface area contributed by atoms with Crippen molar-refractivity contribution in [2.75, 3.05) is 18.0 Å². The number of imidazole rings is 1. The van der Waals surface area contributed by atoms with E-state index in [1.54, 1.807) is 28.6 Å². The molecule has 0 amide bonds. The van der Waals surface area contributed by atoms with Crippen LogP contribution in [0.2, 0.25) is 0 Å². The summed E-state index contributed by atoms with van der Waals surface area (Å²) in [6, 6.07) is 12.2. The second kappa shape index (κ2) is 7.02. The van der Waals surface area contributed by atoms with Crippen LogP contribution in [0.1, 0.15) is 12.1 Å². The molecule has 1 aliphatic rings. The molecule has 0 radical (unpaired) electrons. The Bertz CT molecular complexity index is 1560. The number of nitrogens with zero attached hydrogens (tertiary/aromatic N) is 6. The Kier molecular flexibility index (Phi) is 4.11. The van der Waals surface area contributed by atoms with E-state index in [1.807, 2.05) is 37.5 Å². The summed E-state index contributed by atoms with van der Waals surface area (Å²) in [4.78, 5) is 29.1. The summed E-state index contributed by atoms with van der Waals surface area (Å²) in [5, 5.41) is 0.926. The third-order valence-corrected chi connectivity index (χ3v) is 6.38. The van der Waals surface area contributed by atoms with Gasteiger partial charge in [-0.3, -0.25) is 24.1 Å². The zero-order chi connectivity index (χ0) is 21.8. The highest BCUT2D eigenvalue weighted by atomic mass is 16.1. The van der Waals surface area contributed by atoms with Crippen LogP contribution in [0.25, 0.3) is 38.8 Å². The van der Waals surface area contributed by atoms with E-state index in [4.69, 9.17) is 0 Å². The molecule has 32 heavy (non-hydrogen) atoms. The van der Waals surface area contributed by atoms with Gasteiger partial charge in [0.2, 0.25) is 0 Å². The summed E-state index contributed by atoms with van der Waals surface area (Å²) >= 11 is 0. The van der Waals surface area contributed by atoms with Crippen LogP contribution < -0.4 is 10.6 Å². The first-order valence-electron chi connectivity index (χ1n) is 10.7. The summed E-state index contributed by atoms with van der Waals surface area (Å²) < 4.78 is 3.40. The lowest BCUT2D eigenvalue weighted by atomic mass is 10.0. The maximum absolute atomic E-state index is 13.3. The lowest BCUT2D eigenvalue weighted by molar-refractivity contribution is 0.617. The van der Waals surface area contributed by atoms with Gasteiger partial charge in [0.05, 0.1) is 46.0 Å². The number of aryl methyl sites for hydroxylation is 2.